The first-order valence-corrected chi connectivity index (χ1v) is 4.45. The molecule has 3 N–H and O–H groups in total. The topological polar surface area (TPSA) is 125 Å². The highest BCUT2D eigenvalue weighted by Gasteiger charge is 2.10. The van der Waals surface area contributed by atoms with Gasteiger partial charge in [-0.2, -0.15) is 0 Å². The van der Waals surface area contributed by atoms with Crippen LogP contribution in [-0.2, 0) is 0 Å². The SMILES string of the molecule is O=C(O)NC(=O)c1cnc2[nH]c(=O)cnc2c1. The Morgan fingerprint density at radius 2 is 2.06 bits per heavy atom. The molecule has 2 rings (SSSR count). The minimum atomic E-state index is -1.45. The molecule has 0 spiro atoms. The number of amides is 2. The predicted molar refractivity (Wildman–Crippen MR) is 55.6 cm³/mol. The van der Waals surface area contributed by atoms with Gasteiger partial charge in [0, 0.05) is 6.20 Å². The zero-order chi connectivity index (χ0) is 12.4. The van der Waals surface area contributed by atoms with Crippen molar-refractivity contribution < 1.29 is 14.7 Å². The number of pyridine rings is 1. The van der Waals surface area contributed by atoms with Gasteiger partial charge in [0.15, 0.2) is 5.65 Å². The molecular weight excluding hydrogens is 228 g/mol. The number of imide groups is 1. The van der Waals surface area contributed by atoms with Crippen molar-refractivity contribution in [3.8, 4) is 0 Å². The van der Waals surface area contributed by atoms with Crippen LogP contribution in [0.5, 0.6) is 0 Å². The lowest BCUT2D eigenvalue weighted by Gasteiger charge is -2.00. The average molecular weight is 234 g/mol. The van der Waals surface area contributed by atoms with Crippen molar-refractivity contribution in [1.82, 2.24) is 20.3 Å². The van der Waals surface area contributed by atoms with Crippen LogP contribution in [0.25, 0.3) is 11.2 Å². The minimum absolute atomic E-state index is 0.0412. The van der Waals surface area contributed by atoms with Crippen molar-refractivity contribution in [1.29, 1.82) is 0 Å². The smallest absolute Gasteiger partial charge is 0.411 e. The van der Waals surface area contributed by atoms with E-state index in [1.807, 2.05) is 0 Å². The highest BCUT2D eigenvalue weighted by Crippen LogP contribution is 2.06. The highest BCUT2D eigenvalue weighted by molar-refractivity contribution is 6.03. The van der Waals surface area contributed by atoms with Gasteiger partial charge in [-0.25, -0.2) is 14.8 Å². The molecule has 0 atom stereocenters. The van der Waals surface area contributed by atoms with Crippen LogP contribution >= 0.6 is 0 Å². The maximum Gasteiger partial charge on any atom is 0.411 e. The number of nitrogens with one attached hydrogen (secondary N) is 2. The molecule has 0 fully saturated rings. The van der Waals surface area contributed by atoms with Crippen LogP contribution in [0.1, 0.15) is 10.4 Å². The lowest BCUT2D eigenvalue weighted by molar-refractivity contribution is 0.0948. The van der Waals surface area contributed by atoms with E-state index < -0.39 is 17.6 Å². The van der Waals surface area contributed by atoms with E-state index >= 15 is 0 Å². The number of fused-ring (bicyclic) bond motifs is 1. The third kappa shape index (κ3) is 2.25. The van der Waals surface area contributed by atoms with E-state index in [4.69, 9.17) is 5.11 Å². The average Bonchev–Trinajstić information content (AvgIpc) is 2.27. The van der Waals surface area contributed by atoms with Crippen LogP contribution in [0, 0.1) is 0 Å². The number of carboxylic acid groups (broad SMARTS) is 1. The van der Waals surface area contributed by atoms with Crippen LogP contribution in [0.3, 0.4) is 0 Å². The molecule has 0 saturated heterocycles. The van der Waals surface area contributed by atoms with Crippen LogP contribution in [0.2, 0.25) is 0 Å². The zero-order valence-electron chi connectivity index (χ0n) is 8.30. The number of carbonyl (C=O) groups excluding carboxylic acids is 1. The number of H-pyrrole nitrogens is 1. The number of carbonyl (C=O) groups is 2. The molecule has 2 heterocycles. The maximum absolute atomic E-state index is 11.3. The zero-order valence-corrected chi connectivity index (χ0v) is 8.30. The van der Waals surface area contributed by atoms with Crippen LogP contribution < -0.4 is 10.9 Å². The molecule has 8 nitrogen and oxygen atoms in total. The highest BCUT2D eigenvalue weighted by atomic mass is 16.4. The Morgan fingerprint density at radius 1 is 1.29 bits per heavy atom. The monoisotopic (exact) mass is 234 g/mol. The largest absolute Gasteiger partial charge is 0.465 e. The summed E-state index contributed by atoms with van der Waals surface area (Å²) in [5, 5.41) is 10.1. The Labute approximate surface area is 93.3 Å². The summed E-state index contributed by atoms with van der Waals surface area (Å²) in [5.74, 6) is -0.806. The summed E-state index contributed by atoms with van der Waals surface area (Å²) in [6.45, 7) is 0. The van der Waals surface area contributed by atoms with Crippen molar-refractivity contribution in [2.75, 3.05) is 0 Å². The molecule has 0 saturated carbocycles. The van der Waals surface area contributed by atoms with Gasteiger partial charge in [-0.05, 0) is 6.07 Å². The summed E-state index contributed by atoms with van der Waals surface area (Å²) in [7, 11) is 0. The van der Waals surface area contributed by atoms with Crippen molar-refractivity contribution in [3.05, 3.63) is 34.4 Å². The fraction of sp³-hybridized carbons (Fsp3) is 0. The van der Waals surface area contributed by atoms with Gasteiger partial charge in [-0.15, -0.1) is 0 Å². The van der Waals surface area contributed by atoms with Gasteiger partial charge in [-0.3, -0.25) is 14.9 Å². The second kappa shape index (κ2) is 4.00. The third-order valence-electron chi connectivity index (χ3n) is 1.91. The second-order valence-corrected chi connectivity index (χ2v) is 3.10. The first kappa shape index (κ1) is 10.7. The Balaban J connectivity index is 2.44. The van der Waals surface area contributed by atoms with Crippen molar-refractivity contribution >= 4 is 23.2 Å². The van der Waals surface area contributed by atoms with E-state index in [0.717, 1.165) is 12.4 Å². The quantitative estimate of drug-likeness (QED) is 0.623. The van der Waals surface area contributed by atoms with Gasteiger partial charge < -0.3 is 10.1 Å². The summed E-state index contributed by atoms with van der Waals surface area (Å²) in [5.41, 5.74) is 0.152. The normalized spacial score (nSPS) is 10.1. The summed E-state index contributed by atoms with van der Waals surface area (Å²) in [4.78, 5) is 42.5. The lowest BCUT2D eigenvalue weighted by Crippen LogP contribution is -2.28. The molecule has 0 aliphatic carbocycles. The van der Waals surface area contributed by atoms with Crippen molar-refractivity contribution in [2.24, 2.45) is 0 Å². The number of aromatic amines is 1. The van der Waals surface area contributed by atoms with Gasteiger partial charge >= 0.3 is 6.09 Å². The summed E-state index contributed by atoms with van der Waals surface area (Å²) >= 11 is 0. The molecule has 17 heavy (non-hydrogen) atoms. The van der Waals surface area contributed by atoms with Gasteiger partial charge in [0.25, 0.3) is 11.5 Å². The number of hydrogen-bond acceptors (Lipinski definition) is 5. The van der Waals surface area contributed by atoms with E-state index in [2.05, 4.69) is 15.0 Å². The van der Waals surface area contributed by atoms with Gasteiger partial charge in [-0.1, -0.05) is 0 Å². The van der Waals surface area contributed by atoms with E-state index in [-0.39, 0.29) is 11.2 Å². The summed E-state index contributed by atoms with van der Waals surface area (Å²) < 4.78 is 0. The standard InChI is InChI=1S/C9H6N4O4/c14-6-3-10-5-1-4(2-11-7(5)12-6)8(15)13-9(16)17/h1-3H,(H,13,15)(H,16,17)(H,11,12,14). The molecule has 0 unspecified atom stereocenters. The Hall–Kier alpha value is -2.77. The minimum Gasteiger partial charge on any atom is -0.465 e. The Bertz CT molecular complexity index is 663. The number of hydrogen-bond donors (Lipinski definition) is 3. The van der Waals surface area contributed by atoms with Crippen LogP contribution in [-0.4, -0.2) is 32.1 Å². The van der Waals surface area contributed by atoms with Gasteiger partial charge in [0.05, 0.1) is 11.8 Å². The van der Waals surface area contributed by atoms with E-state index in [9.17, 15) is 14.4 Å². The van der Waals surface area contributed by atoms with Gasteiger partial charge in [0.2, 0.25) is 0 Å². The molecule has 0 aliphatic rings. The molecule has 0 radical (unpaired) electrons. The molecule has 0 aliphatic heterocycles. The Kier molecular flexibility index (Phi) is 2.53. The first-order chi connectivity index (χ1) is 8.06. The van der Waals surface area contributed by atoms with E-state index in [1.165, 1.54) is 6.07 Å². The van der Waals surface area contributed by atoms with Crippen LogP contribution in [0.15, 0.2) is 23.3 Å². The Morgan fingerprint density at radius 3 is 2.76 bits per heavy atom. The molecule has 2 aromatic rings. The van der Waals surface area contributed by atoms with E-state index in [1.54, 1.807) is 5.32 Å². The van der Waals surface area contributed by atoms with Gasteiger partial charge in [0.1, 0.15) is 5.52 Å². The molecule has 86 valence electrons. The number of aromatic nitrogens is 3. The molecular formula is C9H6N4O4. The predicted octanol–water partition coefficient (Wildman–Crippen LogP) is -0.274. The molecule has 0 aromatic carbocycles. The number of nitrogens with zero attached hydrogens (tertiary/aromatic N) is 2. The second-order valence-electron chi connectivity index (χ2n) is 3.10. The van der Waals surface area contributed by atoms with E-state index in [0.29, 0.717) is 5.52 Å². The molecule has 8 heteroatoms. The first-order valence-electron chi connectivity index (χ1n) is 4.45. The summed E-state index contributed by atoms with van der Waals surface area (Å²) in [6, 6.07) is 1.33. The summed E-state index contributed by atoms with van der Waals surface area (Å²) in [6.07, 6.45) is 0.741. The van der Waals surface area contributed by atoms with Crippen molar-refractivity contribution in [2.45, 2.75) is 0 Å². The maximum atomic E-state index is 11.3. The molecule has 2 aromatic heterocycles. The third-order valence-corrected chi connectivity index (χ3v) is 1.91. The number of rotatable bonds is 1. The molecule has 0 bridgehead atoms. The lowest BCUT2D eigenvalue weighted by atomic mass is 10.2. The molecule has 2 amide bonds. The fourth-order valence-electron chi connectivity index (χ4n) is 1.22. The fourth-order valence-corrected chi connectivity index (χ4v) is 1.22. The van der Waals surface area contributed by atoms with Crippen LogP contribution in [0.4, 0.5) is 4.79 Å². The van der Waals surface area contributed by atoms with Crippen molar-refractivity contribution in [3.63, 3.8) is 0 Å².